The smallest absolute Gasteiger partial charge is 0.416 e. The summed E-state index contributed by atoms with van der Waals surface area (Å²) in [6.07, 6.45) is -4.51. The highest BCUT2D eigenvalue weighted by Gasteiger charge is 2.31. The molecule has 5 nitrogen and oxygen atoms in total. The van der Waals surface area contributed by atoms with Gasteiger partial charge >= 0.3 is 6.18 Å². The van der Waals surface area contributed by atoms with Crippen LogP contribution in [0.2, 0.25) is 5.02 Å². The third kappa shape index (κ3) is 4.38. The molecule has 0 aliphatic heterocycles. The fraction of sp³-hybridized carbons (Fsp3) is 0.250. The van der Waals surface area contributed by atoms with Gasteiger partial charge in [0.2, 0.25) is 11.8 Å². The van der Waals surface area contributed by atoms with Crippen LogP contribution in [-0.2, 0) is 11.0 Å². The Morgan fingerprint density at radius 3 is 2.73 bits per heavy atom. The fourth-order valence-corrected chi connectivity index (χ4v) is 2.22. The normalized spacial score (nSPS) is 11.5. The van der Waals surface area contributed by atoms with Gasteiger partial charge in [-0.3, -0.25) is 4.79 Å². The van der Waals surface area contributed by atoms with Gasteiger partial charge in [0.25, 0.3) is 5.22 Å². The largest absolute Gasteiger partial charge is 0.416 e. The summed E-state index contributed by atoms with van der Waals surface area (Å²) in [7, 11) is 0. The monoisotopic (exact) mass is 351 g/mol. The minimum atomic E-state index is -4.51. The van der Waals surface area contributed by atoms with E-state index < -0.39 is 17.6 Å². The van der Waals surface area contributed by atoms with E-state index in [1.165, 1.54) is 0 Å². The van der Waals surface area contributed by atoms with Crippen LogP contribution in [-0.4, -0.2) is 21.9 Å². The maximum atomic E-state index is 12.6. The number of amides is 1. The second kappa shape index (κ2) is 6.57. The van der Waals surface area contributed by atoms with Crippen molar-refractivity contribution in [2.75, 3.05) is 11.1 Å². The lowest BCUT2D eigenvalue weighted by Gasteiger charge is -2.11. The number of carbonyl (C=O) groups is 1. The Bertz CT molecular complexity index is 690. The molecule has 0 radical (unpaired) electrons. The Morgan fingerprint density at radius 1 is 1.41 bits per heavy atom. The van der Waals surface area contributed by atoms with E-state index in [-0.39, 0.29) is 21.7 Å². The van der Waals surface area contributed by atoms with Crippen LogP contribution in [0.1, 0.15) is 11.5 Å². The molecule has 1 heterocycles. The van der Waals surface area contributed by atoms with Crippen molar-refractivity contribution < 1.29 is 22.4 Å². The molecule has 1 aromatic heterocycles. The molecule has 0 saturated heterocycles. The van der Waals surface area contributed by atoms with Crippen LogP contribution in [0.4, 0.5) is 18.9 Å². The number of hydrogen-bond acceptors (Lipinski definition) is 5. The van der Waals surface area contributed by atoms with Gasteiger partial charge in [-0.15, -0.1) is 10.2 Å². The lowest BCUT2D eigenvalue weighted by molar-refractivity contribution is -0.137. The van der Waals surface area contributed by atoms with Crippen molar-refractivity contribution in [2.24, 2.45) is 0 Å². The number of alkyl halides is 3. The number of nitrogens with one attached hydrogen (secondary N) is 1. The number of thioether (sulfide) groups is 1. The number of carbonyl (C=O) groups excluding carboxylic acids is 1. The Morgan fingerprint density at radius 2 is 2.14 bits per heavy atom. The fourth-order valence-electron chi connectivity index (χ4n) is 1.45. The number of hydrogen-bond donors (Lipinski definition) is 1. The average molecular weight is 352 g/mol. The van der Waals surface area contributed by atoms with Gasteiger partial charge in [-0.25, -0.2) is 0 Å². The van der Waals surface area contributed by atoms with Crippen molar-refractivity contribution in [3.8, 4) is 0 Å². The summed E-state index contributed by atoms with van der Waals surface area (Å²) in [4.78, 5) is 11.7. The van der Waals surface area contributed by atoms with Crippen molar-refractivity contribution >= 4 is 35.0 Å². The predicted molar refractivity (Wildman–Crippen MR) is 74.8 cm³/mol. The summed E-state index contributed by atoms with van der Waals surface area (Å²) >= 11 is 6.75. The zero-order valence-electron chi connectivity index (χ0n) is 11.1. The molecule has 0 unspecified atom stereocenters. The van der Waals surface area contributed by atoms with Crippen molar-refractivity contribution in [3.63, 3.8) is 0 Å². The second-order valence-corrected chi connectivity index (χ2v) is 5.45. The van der Waals surface area contributed by atoms with Gasteiger partial charge < -0.3 is 9.73 Å². The molecular formula is C12H9ClF3N3O2S. The quantitative estimate of drug-likeness (QED) is 0.849. The Kier molecular flexibility index (Phi) is 4.97. The minimum Gasteiger partial charge on any atom is -0.416 e. The number of rotatable bonds is 4. The maximum absolute atomic E-state index is 12.6. The summed E-state index contributed by atoms with van der Waals surface area (Å²) in [5, 5.41) is 9.80. The first-order valence-electron chi connectivity index (χ1n) is 5.85. The number of nitrogens with zero attached hydrogens (tertiary/aromatic N) is 2. The van der Waals surface area contributed by atoms with Crippen LogP contribution in [0.3, 0.4) is 0 Å². The molecule has 1 amide bonds. The van der Waals surface area contributed by atoms with E-state index in [2.05, 4.69) is 15.5 Å². The minimum absolute atomic E-state index is 0.0139. The van der Waals surface area contributed by atoms with Crippen LogP contribution < -0.4 is 5.32 Å². The molecule has 0 spiro atoms. The highest BCUT2D eigenvalue weighted by molar-refractivity contribution is 7.99. The summed E-state index contributed by atoms with van der Waals surface area (Å²) < 4.78 is 42.9. The number of anilines is 1. The molecule has 0 fully saturated rings. The molecule has 1 N–H and O–H groups in total. The summed E-state index contributed by atoms with van der Waals surface area (Å²) in [6, 6.07) is 2.70. The molecule has 118 valence electrons. The van der Waals surface area contributed by atoms with Crippen molar-refractivity contribution in [3.05, 3.63) is 34.7 Å². The van der Waals surface area contributed by atoms with E-state index in [0.717, 1.165) is 30.0 Å². The molecule has 0 bridgehead atoms. The zero-order valence-corrected chi connectivity index (χ0v) is 12.6. The van der Waals surface area contributed by atoms with Crippen LogP contribution in [0, 0.1) is 6.92 Å². The van der Waals surface area contributed by atoms with Crippen LogP contribution in [0.5, 0.6) is 0 Å². The average Bonchev–Trinajstić information content (AvgIpc) is 2.83. The Labute approximate surface area is 132 Å². The van der Waals surface area contributed by atoms with Gasteiger partial charge in [0.1, 0.15) is 0 Å². The molecule has 10 heteroatoms. The highest BCUT2D eigenvalue weighted by Crippen LogP contribution is 2.33. The molecular weight excluding hydrogens is 343 g/mol. The third-order valence-corrected chi connectivity index (χ3v) is 3.55. The number of benzene rings is 1. The van der Waals surface area contributed by atoms with Gasteiger partial charge in [-0.1, -0.05) is 23.4 Å². The Hall–Kier alpha value is -1.74. The first-order valence-corrected chi connectivity index (χ1v) is 7.21. The van der Waals surface area contributed by atoms with E-state index in [1.54, 1.807) is 6.92 Å². The SMILES string of the molecule is Cc1nnc(SCC(=O)Nc2cc(C(F)(F)F)ccc2Cl)o1. The molecule has 0 saturated carbocycles. The topological polar surface area (TPSA) is 68.0 Å². The van der Waals surface area contributed by atoms with Gasteiger partial charge in [0, 0.05) is 6.92 Å². The molecule has 0 atom stereocenters. The van der Waals surface area contributed by atoms with Gasteiger partial charge in [0.15, 0.2) is 0 Å². The highest BCUT2D eigenvalue weighted by atomic mass is 35.5. The molecule has 0 aliphatic carbocycles. The van der Waals surface area contributed by atoms with E-state index in [4.69, 9.17) is 16.0 Å². The van der Waals surface area contributed by atoms with E-state index >= 15 is 0 Å². The van der Waals surface area contributed by atoms with Gasteiger partial charge in [-0.05, 0) is 18.2 Å². The lowest BCUT2D eigenvalue weighted by atomic mass is 10.2. The summed E-state index contributed by atoms with van der Waals surface area (Å²) in [6.45, 7) is 1.60. The molecule has 1 aromatic carbocycles. The summed E-state index contributed by atoms with van der Waals surface area (Å²) in [5.74, 6) is -0.292. The molecule has 2 rings (SSSR count). The number of aryl methyl sites for hydroxylation is 1. The predicted octanol–water partition coefficient (Wildman–Crippen LogP) is 3.78. The number of halogens is 4. The van der Waals surface area contributed by atoms with Gasteiger partial charge in [0.05, 0.1) is 22.0 Å². The first-order chi connectivity index (χ1) is 10.3. The van der Waals surface area contributed by atoms with Crippen LogP contribution in [0.15, 0.2) is 27.8 Å². The molecule has 2 aromatic rings. The van der Waals surface area contributed by atoms with E-state index in [9.17, 15) is 18.0 Å². The Balaban J connectivity index is 2.01. The standard InChI is InChI=1S/C12H9ClF3N3O2S/c1-6-18-19-11(21-6)22-5-10(20)17-9-4-7(12(14,15)16)2-3-8(9)13/h2-4H,5H2,1H3,(H,17,20). The lowest BCUT2D eigenvalue weighted by Crippen LogP contribution is -2.15. The number of aromatic nitrogens is 2. The second-order valence-electron chi connectivity index (χ2n) is 4.12. The molecule has 22 heavy (non-hydrogen) atoms. The maximum Gasteiger partial charge on any atom is 0.416 e. The summed E-state index contributed by atoms with van der Waals surface area (Å²) in [5.41, 5.74) is -1.00. The first kappa shape index (κ1) is 16.6. The van der Waals surface area contributed by atoms with Crippen molar-refractivity contribution in [1.82, 2.24) is 10.2 Å². The van der Waals surface area contributed by atoms with Crippen molar-refractivity contribution in [2.45, 2.75) is 18.3 Å². The van der Waals surface area contributed by atoms with E-state index in [1.807, 2.05) is 0 Å². The van der Waals surface area contributed by atoms with Crippen LogP contribution >= 0.6 is 23.4 Å². The zero-order chi connectivity index (χ0) is 16.3. The van der Waals surface area contributed by atoms with E-state index in [0.29, 0.717) is 5.89 Å². The molecule has 0 aliphatic rings. The van der Waals surface area contributed by atoms with Crippen molar-refractivity contribution in [1.29, 1.82) is 0 Å². The van der Waals surface area contributed by atoms with Gasteiger partial charge in [-0.2, -0.15) is 13.2 Å². The third-order valence-electron chi connectivity index (χ3n) is 2.40. The van der Waals surface area contributed by atoms with Crippen LogP contribution in [0.25, 0.3) is 0 Å².